The molecule has 2 amide bonds. The zero-order valence-electron chi connectivity index (χ0n) is 13.1. The van der Waals surface area contributed by atoms with Gasteiger partial charge in [-0.25, -0.2) is 0 Å². The summed E-state index contributed by atoms with van der Waals surface area (Å²) in [5.41, 5.74) is 1.94. The summed E-state index contributed by atoms with van der Waals surface area (Å²) in [6.07, 6.45) is 0.887. The number of amides is 2. The van der Waals surface area contributed by atoms with Crippen molar-refractivity contribution in [3.63, 3.8) is 0 Å². The second-order valence-electron chi connectivity index (χ2n) is 5.40. The third kappa shape index (κ3) is 4.13. The van der Waals surface area contributed by atoms with Gasteiger partial charge >= 0.3 is 0 Å². The van der Waals surface area contributed by atoms with E-state index in [-0.39, 0.29) is 18.4 Å². The Hall–Kier alpha value is -1.75. The van der Waals surface area contributed by atoms with Gasteiger partial charge in [0.2, 0.25) is 11.8 Å². The molecule has 0 atom stereocenters. The van der Waals surface area contributed by atoms with Crippen LogP contribution in [0, 0.1) is 0 Å². The fourth-order valence-corrected chi connectivity index (χ4v) is 2.82. The number of hydrogen-bond acceptors (Lipinski definition) is 3. The number of rotatable bonds is 4. The van der Waals surface area contributed by atoms with Crippen molar-refractivity contribution in [2.75, 3.05) is 38.0 Å². The van der Waals surface area contributed by atoms with Crippen molar-refractivity contribution in [3.05, 3.63) is 28.8 Å². The summed E-state index contributed by atoms with van der Waals surface area (Å²) in [5.74, 6) is 0.106. The summed E-state index contributed by atoms with van der Waals surface area (Å²) >= 11 is 6.17. The molecule has 0 unspecified atom stereocenters. The molecule has 6 heteroatoms. The molecule has 1 aromatic rings. The highest BCUT2D eigenvalue weighted by Gasteiger charge is 2.21. The number of hydrogen-bond donors (Lipinski definition) is 1. The lowest BCUT2D eigenvalue weighted by Gasteiger charge is -2.34. The van der Waals surface area contributed by atoms with Crippen molar-refractivity contribution in [2.24, 2.45) is 0 Å². The average Bonchev–Trinajstić information content (AvgIpc) is 2.52. The lowest BCUT2D eigenvalue weighted by Crippen LogP contribution is -2.51. The summed E-state index contributed by atoms with van der Waals surface area (Å²) in [4.78, 5) is 27.0. The molecule has 1 aliphatic heterocycles. The molecule has 0 radical (unpaired) electrons. The predicted octanol–water partition coefficient (Wildman–Crippen LogP) is 2.00. The van der Waals surface area contributed by atoms with E-state index in [2.05, 4.69) is 12.2 Å². The molecule has 2 rings (SSSR count). The zero-order chi connectivity index (χ0) is 16.1. The van der Waals surface area contributed by atoms with E-state index in [1.165, 1.54) is 0 Å². The molecule has 1 N–H and O–H groups in total. The van der Waals surface area contributed by atoms with Crippen LogP contribution in [0.1, 0.15) is 19.4 Å². The quantitative estimate of drug-likeness (QED) is 0.922. The molecule has 0 aromatic heterocycles. The smallest absolute Gasteiger partial charge is 0.241 e. The number of aryl methyl sites for hydroxylation is 1. The van der Waals surface area contributed by atoms with Gasteiger partial charge in [-0.1, -0.05) is 24.6 Å². The maximum Gasteiger partial charge on any atom is 0.241 e. The molecule has 0 bridgehead atoms. The molecule has 120 valence electrons. The van der Waals surface area contributed by atoms with Crippen molar-refractivity contribution in [3.8, 4) is 0 Å². The number of nitrogens with one attached hydrogen (secondary N) is 1. The molecule has 5 nitrogen and oxygen atoms in total. The van der Waals surface area contributed by atoms with Crippen LogP contribution in [0.2, 0.25) is 5.02 Å². The minimum absolute atomic E-state index is 0.0406. The fraction of sp³-hybridized carbons (Fsp3) is 0.500. The van der Waals surface area contributed by atoms with Crippen LogP contribution in [0.3, 0.4) is 0 Å². The second-order valence-corrected chi connectivity index (χ2v) is 5.81. The number of carbonyl (C=O) groups excluding carboxylic acids is 2. The van der Waals surface area contributed by atoms with Crippen LogP contribution in [0.15, 0.2) is 18.2 Å². The number of anilines is 1. The van der Waals surface area contributed by atoms with Crippen LogP contribution in [0.5, 0.6) is 0 Å². The van der Waals surface area contributed by atoms with Gasteiger partial charge in [0.05, 0.1) is 6.54 Å². The Morgan fingerprint density at radius 1 is 1.18 bits per heavy atom. The molecule has 1 aromatic carbocycles. The summed E-state index contributed by atoms with van der Waals surface area (Å²) < 4.78 is 0. The summed E-state index contributed by atoms with van der Waals surface area (Å²) in [6, 6.07) is 5.76. The first-order valence-corrected chi connectivity index (χ1v) is 7.94. The van der Waals surface area contributed by atoms with E-state index in [0.29, 0.717) is 26.2 Å². The number of halogens is 1. The van der Waals surface area contributed by atoms with Crippen molar-refractivity contribution in [1.29, 1.82) is 0 Å². The number of carbonyl (C=O) groups is 2. The third-order valence-corrected chi connectivity index (χ3v) is 4.31. The Bertz CT molecular complexity index is 554. The second kappa shape index (κ2) is 7.49. The molecule has 0 saturated carbocycles. The van der Waals surface area contributed by atoms with Crippen molar-refractivity contribution < 1.29 is 9.59 Å². The summed E-state index contributed by atoms with van der Waals surface area (Å²) in [7, 11) is 0. The summed E-state index contributed by atoms with van der Waals surface area (Å²) in [5, 5.41) is 3.83. The van der Waals surface area contributed by atoms with E-state index in [1.807, 2.05) is 18.2 Å². The van der Waals surface area contributed by atoms with Gasteiger partial charge < -0.3 is 15.1 Å². The van der Waals surface area contributed by atoms with Gasteiger partial charge in [0.25, 0.3) is 0 Å². The minimum Gasteiger partial charge on any atom is -0.376 e. The highest BCUT2D eigenvalue weighted by molar-refractivity contribution is 6.31. The van der Waals surface area contributed by atoms with Gasteiger partial charge in [-0.2, -0.15) is 0 Å². The molecule has 1 saturated heterocycles. The minimum atomic E-state index is 0.0406. The first-order valence-electron chi connectivity index (χ1n) is 7.57. The highest BCUT2D eigenvalue weighted by atomic mass is 35.5. The SMILES string of the molecule is CCc1ccc(NCC(=O)N2CCN(C(C)=O)CC2)cc1Cl. The Labute approximate surface area is 136 Å². The topological polar surface area (TPSA) is 52.7 Å². The van der Waals surface area contributed by atoms with Crippen molar-refractivity contribution in [2.45, 2.75) is 20.3 Å². The van der Waals surface area contributed by atoms with Crippen LogP contribution in [0.25, 0.3) is 0 Å². The Morgan fingerprint density at radius 3 is 2.36 bits per heavy atom. The Morgan fingerprint density at radius 2 is 1.82 bits per heavy atom. The van der Waals surface area contributed by atoms with Gasteiger partial charge in [-0.05, 0) is 24.1 Å². The van der Waals surface area contributed by atoms with E-state index in [9.17, 15) is 9.59 Å². The van der Waals surface area contributed by atoms with E-state index >= 15 is 0 Å². The number of benzene rings is 1. The fourth-order valence-electron chi connectivity index (χ4n) is 2.50. The maximum atomic E-state index is 12.2. The van der Waals surface area contributed by atoms with Crippen molar-refractivity contribution >= 4 is 29.1 Å². The van der Waals surface area contributed by atoms with Crippen LogP contribution in [0.4, 0.5) is 5.69 Å². The van der Waals surface area contributed by atoms with Crippen molar-refractivity contribution in [1.82, 2.24) is 9.80 Å². The van der Waals surface area contributed by atoms with E-state index in [4.69, 9.17) is 11.6 Å². The Balaban J connectivity index is 1.83. The predicted molar refractivity (Wildman–Crippen MR) is 88.2 cm³/mol. The van der Waals surface area contributed by atoms with Gasteiger partial charge in [0.15, 0.2) is 0 Å². The normalized spacial score (nSPS) is 14.9. The van der Waals surface area contributed by atoms with E-state index in [1.54, 1.807) is 16.7 Å². The van der Waals surface area contributed by atoms with Crippen LogP contribution < -0.4 is 5.32 Å². The van der Waals surface area contributed by atoms with E-state index < -0.39 is 0 Å². The molecule has 22 heavy (non-hydrogen) atoms. The highest BCUT2D eigenvalue weighted by Crippen LogP contribution is 2.21. The molecule has 0 spiro atoms. The van der Waals surface area contributed by atoms with Crippen LogP contribution >= 0.6 is 11.6 Å². The van der Waals surface area contributed by atoms with Crippen LogP contribution in [-0.2, 0) is 16.0 Å². The van der Waals surface area contributed by atoms with Crippen LogP contribution in [-0.4, -0.2) is 54.3 Å². The lowest BCUT2D eigenvalue weighted by atomic mass is 10.1. The molecule has 0 aliphatic carbocycles. The van der Waals surface area contributed by atoms with Gasteiger partial charge in [-0.3, -0.25) is 9.59 Å². The monoisotopic (exact) mass is 323 g/mol. The zero-order valence-corrected chi connectivity index (χ0v) is 13.8. The lowest BCUT2D eigenvalue weighted by molar-refractivity contribution is -0.137. The first kappa shape index (κ1) is 16.6. The Kier molecular flexibility index (Phi) is 5.66. The molecular weight excluding hydrogens is 302 g/mol. The number of nitrogens with zero attached hydrogens (tertiary/aromatic N) is 2. The van der Waals surface area contributed by atoms with Gasteiger partial charge in [-0.15, -0.1) is 0 Å². The number of piperazine rings is 1. The molecule has 1 fully saturated rings. The first-order chi connectivity index (χ1) is 10.5. The standard InChI is InChI=1S/C16H22ClN3O2/c1-3-13-4-5-14(10-15(13)17)18-11-16(22)20-8-6-19(7-9-20)12(2)21/h4-5,10,18H,3,6-9,11H2,1-2H3. The summed E-state index contributed by atoms with van der Waals surface area (Å²) in [6.45, 7) is 6.25. The molecular formula is C16H22ClN3O2. The maximum absolute atomic E-state index is 12.2. The third-order valence-electron chi connectivity index (χ3n) is 3.96. The van der Waals surface area contributed by atoms with E-state index in [0.717, 1.165) is 22.7 Å². The van der Waals surface area contributed by atoms with Gasteiger partial charge in [0, 0.05) is 43.8 Å². The largest absolute Gasteiger partial charge is 0.376 e. The molecule has 1 heterocycles. The molecule has 1 aliphatic rings. The van der Waals surface area contributed by atoms with Gasteiger partial charge in [0.1, 0.15) is 0 Å². The average molecular weight is 324 g/mol.